The zero-order chi connectivity index (χ0) is 14.8. The fourth-order valence-corrected chi connectivity index (χ4v) is 3.19. The van der Waals surface area contributed by atoms with Crippen molar-refractivity contribution in [1.29, 1.82) is 0 Å². The molecule has 2 aromatic carbocycles. The van der Waals surface area contributed by atoms with Crippen molar-refractivity contribution in [3.8, 4) is 5.75 Å². The first kappa shape index (κ1) is 14.4. The summed E-state index contributed by atoms with van der Waals surface area (Å²) in [4.78, 5) is 0. The highest BCUT2D eigenvalue weighted by Crippen LogP contribution is 2.33. The van der Waals surface area contributed by atoms with Crippen molar-refractivity contribution >= 4 is 11.6 Å². The molecule has 1 aliphatic rings. The van der Waals surface area contributed by atoms with Crippen molar-refractivity contribution in [2.24, 2.45) is 0 Å². The Balaban J connectivity index is 1.75. The van der Waals surface area contributed by atoms with E-state index in [0.717, 1.165) is 35.9 Å². The number of aryl methyl sites for hydroxylation is 1. The molecule has 0 bridgehead atoms. The molecule has 3 rings (SSSR count). The van der Waals surface area contributed by atoms with Gasteiger partial charge < -0.3 is 10.1 Å². The molecule has 1 N–H and O–H groups in total. The number of nitrogens with one attached hydrogen (secondary N) is 1. The van der Waals surface area contributed by atoms with Crippen LogP contribution in [0.4, 0.5) is 0 Å². The van der Waals surface area contributed by atoms with E-state index in [4.69, 9.17) is 16.3 Å². The summed E-state index contributed by atoms with van der Waals surface area (Å²) in [5, 5.41) is 4.37. The van der Waals surface area contributed by atoms with Crippen LogP contribution in [0.5, 0.6) is 5.75 Å². The molecule has 0 radical (unpaired) electrons. The van der Waals surface area contributed by atoms with Crippen LogP contribution in [0.3, 0.4) is 0 Å². The van der Waals surface area contributed by atoms with Gasteiger partial charge in [-0.05, 0) is 42.7 Å². The van der Waals surface area contributed by atoms with Gasteiger partial charge in [0.25, 0.3) is 0 Å². The van der Waals surface area contributed by atoms with Gasteiger partial charge in [-0.15, -0.1) is 0 Å². The zero-order valence-electron chi connectivity index (χ0n) is 12.4. The van der Waals surface area contributed by atoms with Crippen molar-refractivity contribution in [2.75, 3.05) is 6.61 Å². The van der Waals surface area contributed by atoms with E-state index in [0.29, 0.717) is 6.04 Å². The standard InChI is InChI=1S/C18H20ClNO/c1-12-5-3-4-6-17(12)13(2)20-11-15-10-16(19)9-14-7-8-21-18(14)15/h3-6,9-10,13,20H,7-8,11H2,1-2H3/t13-/m1/s1. The molecule has 21 heavy (non-hydrogen) atoms. The van der Waals surface area contributed by atoms with Gasteiger partial charge in [0.05, 0.1) is 6.61 Å². The minimum Gasteiger partial charge on any atom is -0.493 e. The Labute approximate surface area is 131 Å². The summed E-state index contributed by atoms with van der Waals surface area (Å²) in [6.45, 7) is 5.86. The van der Waals surface area contributed by atoms with E-state index in [1.54, 1.807) is 0 Å². The number of benzene rings is 2. The first-order chi connectivity index (χ1) is 10.1. The monoisotopic (exact) mass is 301 g/mol. The first-order valence-electron chi connectivity index (χ1n) is 7.38. The van der Waals surface area contributed by atoms with Crippen LogP contribution in [-0.2, 0) is 13.0 Å². The van der Waals surface area contributed by atoms with E-state index < -0.39 is 0 Å². The Morgan fingerprint density at radius 2 is 2.10 bits per heavy atom. The van der Waals surface area contributed by atoms with Crippen molar-refractivity contribution in [3.05, 3.63) is 63.7 Å². The molecule has 0 fully saturated rings. The van der Waals surface area contributed by atoms with E-state index >= 15 is 0 Å². The lowest BCUT2D eigenvalue weighted by atomic mass is 10.0. The van der Waals surface area contributed by atoms with E-state index in [9.17, 15) is 0 Å². The van der Waals surface area contributed by atoms with E-state index in [1.165, 1.54) is 16.7 Å². The summed E-state index contributed by atoms with van der Waals surface area (Å²) in [6, 6.07) is 12.8. The number of rotatable bonds is 4. The molecule has 0 saturated carbocycles. The molecule has 0 saturated heterocycles. The molecular formula is C18H20ClNO. The second-order valence-corrected chi connectivity index (χ2v) is 6.05. The summed E-state index contributed by atoms with van der Waals surface area (Å²) in [6.07, 6.45) is 0.955. The largest absolute Gasteiger partial charge is 0.493 e. The summed E-state index contributed by atoms with van der Waals surface area (Å²) >= 11 is 6.20. The van der Waals surface area contributed by atoms with Crippen LogP contribution in [0.25, 0.3) is 0 Å². The molecular weight excluding hydrogens is 282 g/mol. The van der Waals surface area contributed by atoms with Gasteiger partial charge in [0.15, 0.2) is 0 Å². The summed E-state index contributed by atoms with van der Waals surface area (Å²) in [5.74, 6) is 1.02. The zero-order valence-corrected chi connectivity index (χ0v) is 13.2. The third kappa shape index (κ3) is 3.07. The third-order valence-corrected chi connectivity index (χ3v) is 4.30. The normalized spacial score (nSPS) is 14.6. The average molecular weight is 302 g/mol. The van der Waals surface area contributed by atoms with Crippen LogP contribution in [-0.4, -0.2) is 6.61 Å². The number of halogens is 1. The van der Waals surface area contributed by atoms with Crippen LogP contribution >= 0.6 is 11.6 Å². The Kier molecular flexibility index (Phi) is 4.18. The maximum absolute atomic E-state index is 6.20. The fourth-order valence-electron chi connectivity index (χ4n) is 2.92. The predicted octanol–water partition coefficient (Wildman–Crippen LogP) is 4.43. The Morgan fingerprint density at radius 3 is 2.90 bits per heavy atom. The van der Waals surface area contributed by atoms with Gasteiger partial charge in [-0.25, -0.2) is 0 Å². The summed E-state index contributed by atoms with van der Waals surface area (Å²) in [7, 11) is 0. The average Bonchev–Trinajstić information content (AvgIpc) is 2.93. The lowest BCUT2D eigenvalue weighted by Gasteiger charge is -2.18. The van der Waals surface area contributed by atoms with Crippen molar-refractivity contribution in [2.45, 2.75) is 32.9 Å². The molecule has 1 atom stereocenters. The van der Waals surface area contributed by atoms with Gasteiger partial charge in [0.2, 0.25) is 0 Å². The number of ether oxygens (including phenoxy) is 1. The van der Waals surface area contributed by atoms with Crippen molar-refractivity contribution < 1.29 is 4.74 Å². The lowest BCUT2D eigenvalue weighted by Crippen LogP contribution is -2.19. The molecule has 110 valence electrons. The second kappa shape index (κ2) is 6.08. The van der Waals surface area contributed by atoms with Crippen molar-refractivity contribution in [1.82, 2.24) is 5.32 Å². The molecule has 0 aliphatic carbocycles. The Bertz CT molecular complexity index is 654. The maximum Gasteiger partial charge on any atom is 0.127 e. The lowest BCUT2D eigenvalue weighted by molar-refractivity contribution is 0.351. The number of fused-ring (bicyclic) bond motifs is 1. The van der Waals surface area contributed by atoms with Crippen LogP contribution < -0.4 is 10.1 Å². The highest BCUT2D eigenvalue weighted by atomic mass is 35.5. The highest BCUT2D eigenvalue weighted by Gasteiger charge is 2.18. The van der Waals surface area contributed by atoms with Crippen molar-refractivity contribution in [3.63, 3.8) is 0 Å². The highest BCUT2D eigenvalue weighted by molar-refractivity contribution is 6.30. The first-order valence-corrected chi connectivity index (χ1v) is 7.76. The summed E-state index contributed by atoms with van der Waals surface area (Å²) < 4.78 is 5.75. The van der Waals surface area contributed by atoms with Gasteiger partial charge in [-0.1, -0.05) is 35.9 Å². The van der Waals surface area contributed by atoms with E-state index in [1.807, 2.05) is 12.1 Å². The minimum atomic E-state index is 0.294. The van der Waals surface area contributed by atoms with Gasteiger partial charge in [0.1, 0.15) is 5.75 Å². The fraction of sp³-hybridized carbons (Fsp3) is 0.333. The third-order valence-electron chi connectivity index (χ3n) is 4.08. The smallest absolute Gasteiger partial charge is 0.127 e. The quantitative estimate of drug-likeness (QED) is 0.902. The molecule has 0 spiro atoms. The van der Waals surface area contributed by atoms with Crippen LogP contribution in [0.15, 0.2) is 36.4 Å². The molecule has 2 aromatic rings. The van der Waals surface area contributed by atoms with Crippen LogP contribution in [0, 0.1) is 6.92 Å². The maximum atomic E-state index is 6.20. The molecule has 3 heteroatoms. The predicted molar refractivity (Wildman–Crippen MR) is 87.1 cm³/mol. The molecule has 1 heterocycles. The topological polar surface area (TPSA) is 21.3 Å². The van der Waals surface area contributed by atoms with E-state index in [2.05, 4.69) is 43.4 Å². The number of hydrogen-bond acceptors (Lipinski definition) is 2. The Hall–Kier alpha value is -1.51. The molecule has 1 aliphatic heterocycles. The summed E-state index contributed by atoms with van der Waals surface area (Å²) in [5.41, 5.74) is 5.01. The van der Waals surface area contributed by atoms with Gasteiger partial charge >= 0.3 is 0 Å². The van der Waals surface area contributed by atoms with Gasteiger partial charge in [-0.3, -0.25) is 0 Å². The van der Waals surface area contributed by atoms with Gasteiger partial charge in [0, 0.05) is 29.6 Å². The van der Waals surface area contributed by atoms with Crippen LogP contribution in [0.1, 0.15) is 35.2 Å². The molecule has 0 unspecified atom stereocenters. The minimum absolute atomic E-state index is 0.294. The SMILES string of the molecule is Cc1ccccc1[C@@H](C)NCc1cc(Cl)cc2c1OCC2. The molecule has 0 aromatic heterocycles. The van der Waals surface area contributed by atoms with Gasteiger partial charge in [-0.2, -0.15) is 0 Å². The second-order valence-electron chi connectivity index (χ2n) is 5.61. The molecule has 0 amide bonds. The van der Waals surface area contributed by atoms with Crippen LogP contribution in [0.2, 0.25) is 5.02 Å². The van der Waals surface area contributed by atoms with E-state index in [-0.39, 0.29) is 0 Å². The molecule has 2 nitrogen and oxygen atoms in total. The number of hydrogen-bond donors (Lipinski definition) is 1. The Morgan fingerprint density at radius 1 is 1.29 bits per heavy atom.